The Labute approximate surface area is 228 Å². The molecule has 39 heavy (non-hydrogen) atoms. The number of aromatic nitrogens is 2. The summed E-state index contributed by atoms with van der Waals surface area (Å²) in [5, 5.41) is 11.8. The van der Waals surface area contributed by atoms with E-state index in [2.05, 4.69) is 87.2 Å². The minimum atomic E-state index is 0.000731. The summed E-state index contributed by atoms with van der Waals surface area (Å²) in [6.45, 7) is 5.80. The molecule has 4 aromatic rings. The average molecular weight is 517 g/mol. The van der Waals surface area contributed by atoms with Gasteiger partial charge in [-0.3, -0.25) is 14.8 Å². The number of carbonyl (C=O) groups is 1. The number of benzene rings is 3. The number of likely N-dealkylation sites (tertiary alicyclic amines) is 1. The molecule has 4 heterocycles. The van der Waals surface area contributed by atoms with Crippen LogP contribution in [-0.2, 0) is 16.1 Å². The van der Waals surface area contributed by atoms with E-state index in [9.17, 15) is 4.79 Å². The summed E-state index contributed by atoms with van der Waals surface area (Å²) in [4.78, 5) is 15.1. The van der Waals surface area contributed by atoms with E-state index >= 15 is 0 Å². The summed E-state index contributed by atoms with van der Waals surface area (Å²) >= 11 is 0. The molecule has 3 saturated heterocycles. The van der Waals surface area contributed by atoms with Gasteiger partial charge in [0.2, 0.25) is 5.91 Å². The van der Waals surface area contributed by atoms with Crippen LogP contribution in [0, 0.1) is 11.8 Å². The van der Waals surface area contributed by atoms with Gasteiger partial charge in [0.15, 0.2) is 0 Å². The SMILES string of the molecule is O=C1NCC(c2ccccc2)/C1=C\c1ccc2c(/C=C/c3ccc(CN4CC5COCC5C4)cc3)n[nH]c2c1. The van der Waals surface area contributed by atoms with Crippen LogP contribution in [-0.4, -0.2) is 53.9 Å². The predicted molar refractivity (Wildman–Crippen MR) is 155 cm³/mol. The van der Waals surface area contributed by atoms with Gasteiger partial charge >= 0.3 is 0 Å². The fourth-order valence-electron chi connectivity index (χ4n) is 6.25. The van der Waals surface area contributed by atoms with Gasteiger partial charge in [0.05, 0.1) is 24.4 Å². The molecule has 1 amide bonds. The van der Waals surface area contributed by atoms with Gasteiger partial charge in [-0.05, 0) is 46.5 Å². The Balaban J connectivity index is 1.04. The van der Waals surface area contributed by atoms with E-state index in [1.165, 1.54) is 5.56 Å². The molecule has 3 unspecified atom stereocenters. The standard InChI is InChI=1S/C33H32N4O2/c38-33-29(30(16-34-33)25-4-2-1-3-5-25)14-24-10-12-28-31(35-36-32(28)15-24)13-11-22-6-8-23(9-7-22)17-37-18-26-20-39-21-27(26)19-37/h1-15,26-27,30H,16-21H2,(H,34,38)(H,35,36)/b13-11+,29-14+. The highest BCUT2D eigenvalue weighted by Crippen LogP contribution is 2.31. The number of ether oxygens (including phenoxy) is 1. The molecule has 6 heteroatoms. The molecular weight excluding hydrogens is 484 g/mol. The lowest BCUT2D eigenvalue weighted by molar-refractivity contribution is -0.116. The first kappa shape index (κ1) is 24.1. The van der Waals surface area contributed by atoms with E-state index in [-0.39, 0.29) is 11.8 Å². The molecule has 0 spiro atoms. The zero-order chi connectivity index (χ0) is 26.2. The summed E-state index contributed by atoms with van der Waals surface area (Å²) < 4.78 is 5.61. The molecule has 1 aromatic heterocycles. The topological polar surface area (TPSA) is 70.2 Å². The monoisotopic (exact) mass is 516 g/mol. The molecule has 6 nitrogen and oxygen atoms in total. The van der Waals surface area contributed by atoms with Crippen LogP contribution in [0.3, 0.4) is 0 Å². The van der Waals surface area contributed by atoms with Crippen LogP contribution in [0.4, 0.5) is 0 Å². The second-order valence-corrected chi connectivity index (χ2v) is 11.0. The summed E-state index contributed by atoms with van der Waals surface area (Å²) in [6.07, 6.45) is 6.17. The van der Waals surface area contributed by atoms with Crippen molar-refractivity contribution in [1.29, 1.82) is 0 Å². The number of hydrogen-bond acceptors (Lipinski definition) is 4. The molecule has 0 radical (unpaired) electrons. The minimum Gasteiger partial charge on any atom is -0.381 e. The van der Waals surface area contributed by atoms with Gasteiger partial charge in [0.25, 0.3) is 0 Å². The Bertz CT molecular complexity index is 1540. The summed E-state index contributed by atoms with van der Waals surface area (Å²) in [5.41, 5.74) is 7.30. The minimum absolute atomic E-state index is 0.000731. The van der Waals surface area contributed by atoms with E-state index < -0.39 is 0 Å². The first-order chi connectivity index (χ1) is 19.2. The highest BCUT2D eigenvalue weighted by atomic mass is 16.5. The van der Waals surface area contributed by atoms with Gasteiger partial charge in [-0.2, -0.15) is 5.10 Å². The van der Waals surface area contributed by atoms with E-state index in [1.807, 2.05) is 24.3 Å². The highest BCUT2D eigenvalue weighted by molar-refractivity contribution is 6.02. The number of carbonyl (C=O) groups excluding carboxylic acids is 1. The second-order valence-electron chi connectivity index (χ2n) is 11.0. The lowest BCUT2D eigenvalue weighted by atomic mass is 9.92. The summed E-state index contributed by atoms with van der Waals surface area (Å²) in [5.74, 6) is 1.50. The quantitative estimate of drug-likeness (QED) is 0.350. The predicted octanol–water partition coefficient (Wildman–Crippen LogP) is 5.11. The zero-order valence-corrected chi connectivity index (χ0v) is 21.8. The molecule has 3 aliphatic rings. The summed E-state index contributed by atoms with van der Waals surface area (Å²) in [7, 11) is 0. The maximum absolute atomic E-state index is 12.6. The van der Waals surface area contributed by atoms with Gasteiger partial charge in [-0.15, -0.1) is 0 Å². The van der Waals surface area contributed by atoms with Crippen LogP contribution in [0.1, 0.15) is 33.9 Å². The van der Waals surface area contributed by atoms with E-state index in [4.69, 9.17) is 4.74 Å². The Morgan fingerprint density at radius 3 is 2.49 bits per heavy atom. The van der Waals surface area contributed by atoms with E-state index in [0.29, 0.717) is 6.54 Å². The maximum atomic E-state index is 12.6. The molecule has 3 aliphatic heterocycles. The molecule has 0 bridgehead atoms. The van der Waals surface area contributed by atoms with E-state index in [1.54, 1.807) is 0 Å². The van der Waals surface area contributed by atoms with Crippen molar-refractivity contribution in [2.75, 3.05) is 32.8 Å². The number of nitrogens with one attached hydrogen (secondary N) is 2. The van der Waals surface area contributed by atoms with Crippen molar-refractivity contribution in [2.45, 2.75) is 12.5 Å². The van der Waals surface area contributed by atoms with Gasteiger partial charge in [0.1, 0.15) is 0 Å². The largest absolute Gasteiger partial charge is 0.381 e. The Morgan fingerprint density at radius 1 is 0.923 bits per heavy atom. The second kappa shape index (κ2) is 10.3. The number of nitrogens with zero attached hydrogens (tertiary/aromatic N) is 2. The van der Waals surface area contributed by atoms with Crippen LogP contribution >= 0.6 is 0 Å². The Kier molecular flexibility index (Phi) is 6.35. The van der Waals surface area contributed by atoms with Crippen LogP contribution in [0.2, 0.25) is 0 Å². The lowest BCUT2D eigenvalue weighted by Gasteiger charge is -2.16. The number of hydrogen-bond donors (Lipinski definition) is 2. The first-order valence-electron chi connectivity index (χ1n) is 13.8. The van der Waals surface area contributed by atoms with E-state index in [0.717, 1.165) is 83.5 Å². The summed E-state index contributed by atoms with van der Waals surface area (Å²) in [6, 6.07) is 25.2. The van der Waals surface area contributed by atoms with Crippen LogP contribution in [0.25, 0.3) is 29.1 Å². The lowest BCUT2D eigenvalue weighted by Crippen LogP contribution is -2.22. The molecule has 3 fully saturated rings. The zero-order valence-electron chi connectivity index (χ0n) is 21.8. The van der Waals surface area contributed by atoms with Crippen molar-refractivity contribution in [3.05, 3.63) is 106 Å². The maximum Gasteiger partial charge on any atom is 0.247 e. The molecule has 196 valence electrons. The number of amides is 1. The average Bonchev–Trinajstić information content (AvgIpc) is 3.74. The van der Waals surface area contributed by atoms with Crippen molar-refractivity contribution < 1.29 is 9.53 Å². The van der Waals surface area contributed by atoms with Crippen molar-refractivity contribution in [2.24, 2.45) is 11.8 Å². The fraction of sp³-hybridized carbons (Fsp3) is 0.273. The van der Waals surface area contributed by atoms with Gasteiger partial charge < -0.3 is 10.1 Å². The number of aromatic amines is 1. The molecule has 0 saturated carbocycles. The first-order valence-corrected chi connectivity index (χ1v) is 13.8. The third-order valence-electron chi connectivity index (χ3n) is 8.38. The normalized spacial score (nSPS) is 24.3. The van der Waals surface area contributed by atoms with Crippen molar-refractivity contribution >= 4 is 35.0 Å². The van der Waals surface area contributed by atoms with Gasteiger partial charge in [-0.1, -0.05) is 66.7 Å². The highest BCUT2D eigenvalue weighted by Gasteiger charge is 2.36. The third kappa shape index (κ3) is 4.93. The molecular formula is C33H32N4O2. The van der Waals surface area contributed by atoms with Crippen LogP contribution in [0.5, 0.6) is 0 Å². The van der Waals surface area contributed by atoms with Crippen LogP contribution in [0.15, 0.2) is 78.4 Å². The Hall–Kier alpha value is -4.00. The number of fused-ring (bicyclic) bond motifs is 2. The van der Waals surface area contributed by atoms with Gasteiger partial charge in [-0.25, -0.2) is 0 Å². The van der Waals surface area contributed by atoms with Crippen molar-refractivity contribution in [3.63, 3.8) is 0 Å². The molecule has 3 atom stereocenters. The molecule has 7 rings (SSSR count). The van der Waals surface area contributed by atoms with Crippen LogP contribution < -0.4 is 5.32 Å². The third-order valence-corrected chi connectivity index (χ3v) is 8.38. The number of H-pyrrole nitrogens is 1. The molecule has 3 aromatic carbocycles. The smallest absolute Gasteiger partial charge is 0.247 e. The van der Waals surface area contributed by atoms with Crippen molar-refractivity contribution in [1.82, 2.24) is 20.4 Å². The van der Waals surface area contributed by atoms with Crippen molar-refractivity contribution in [3.8, 4) is 0 Å². The Morgan fingerprint density at radius 2 is 1.69 bits per heavy atom. The molecule has 0 aliphatic carbocycles. The fourth-order valence-corrected chi connectivity index (χ4v) is 6.25. The molecule has 2 N–H and O–H groups in total. The number of rotatable bonds is 6. The van der Waals surface area contributed by atoms with Gasteiger partial charge in [0, 0.05) is 54.9 Å².